The average molecular weight is 471 g/mol. The first kappa shape index (κ1) is 22.2. The van der Waals surface area contributed by atoms with Crippen molar-refractivity contribution in [1.82, 2.24) is 14.9 Å². The predicted molar refractivity (Wildman–Crippen MR) is 135 cm³/mol. The van der Waals surface area contributed by atoms with E-state index in [0.29, 0.717) is 18.3 Å². The van der Waals surface area contributed by atoms with Gasteiger partial charge in [-0.2, -0.15) is 9.78 Å². The summed E-state index contributed by atoms with van der Waals surface area (Å²) < 4.78 is 13.9. The molecule has 172 valence electrons. The molecule has 0 bridgehead atoms. The van der Waals surface area contributed by atoms with Crippen LogP contribution in [0.25, 0.3) is 0 Å². The topological polar surface area (TPSA) is 61.5 Å². The van der Waals surface area contributed by atoms with Gasteiger partial charge in [0.25, 0.3) is 0 Å². The first-order valence-electron chi connectivity index (χ1n) is 11.3. The molecule has 0 spiro atoms. The van der Waals surface area contributed by atoms with Crippen molar-refractivity contribution in [2.45, 2.75) is 38.5 Å². The Morgan fingerprint density at radius 2 is 1.71 bits per heavy atom. The molecule has 0 saturated carbocycles. The number of nitrogens with zero attached hydrogens (tertiary/aromatic N) is 4. The maximum atomic E-state index is 6.18. The summed E-state index contributed by atoms with van der Waals surface area (Å²) in [7, 11) is 0. The number of aryl methyl sites for hydroxylation is 1. The monoisotopic (exact) mass is 470 g/mol. The van der Waals surface area contributed by atoms with Crippen molar-refractivity contribution >= 4 is 17.5 Å². The van der Waals surface area contributed by atoms with Crippen LogP contribution < -0.4 is 9.47 Å². The third kappa shape index (κ3) is 4.84. The molecule has 0 amide bonds. The Kier molecular flexibility index (Phi) is 6.36. The summed E-state index contributed by atoms with van der Waals surface area (Å²) in [5.74, 6) is 4.27. The van der Waals surface area contributed by atoms with Crippen molar-refractivity contribution in [1.29, 1.82) is 0 Å². The third-order valence-corrected chi connectivity index (χ3v) is 6.48. The maximum Gasteiger partial charge on any atom is 0.212 e. The van der Waals surface area contributed by atoms with Crippen molar-refractivity contribution in [2.24, 2.45) is 5.10 Å². The van der Waals surface area contributed by atoms with Crippen molar-refractivity contribution in [2.75, 3.05) is 5.75 Å². The molecule has 0 atom stereocenters. The van der Waals surface area contributed by atoms with E-state index in [4.69, 9.17) is 14.6 Å². The van der Waals surface area contributed by atoms with Gasteiger partial charge in [-0.15, -0.1) is 10.2 Å². The number of hydrogen-bond donors (Lipinski definition) is 0. The van der Waals surface area contributed by atoms with Gasteiger partial charge in [-0.3, -0.25) is 0 Å². The molecule has 0 aliphatic carbocycles. The average Bonchev–Trinajstić information content (AvgIpc) is 3.26. The highest BCUT2D eigenvalue weighted by atomic mass is 32.2. The van der Waals surface area contributed by atoms with E-state index in [1.807, 2.05) is 54.6 Å². The zero-order chi connectivity index (χ0) is 23.5. The molecule has 0 N–H and O–H groups in total. The van der Waals surface area contributed by atoms with Gasteiger partial charge in [0.2, 0.25) is 5.16 Å². The molecule has 5 rings (SSSR count). The van der Waals surface area contributed by atoms with Gasteiger partial charge in [0.05, 0.1) is 5.71 Å². The second kappa shape index (κ2) is 9.73. The number of para-hydroxylation sites is 1. The molecule has 7 heteroatoms. The standard InChI is InChI=1S/C27H26N4O2S/c1-18(2)23-14-9-19(3)15-25(23)32-16-26-28-29-27-31(26)30-24(17-34-27)20-10-12-22(13-11-20)33-21-7-5-4-6-8-21/h4-15,18H,16-17H2,1-3H3. The first-order valence-corrected chi connectivity index (χ1v) is 12.3. The van der Waals surface area contributed by atoms with E-state index in [-0.39, 0.29) is 0 Å². The molecule has 2 heterocycles. The van der Waals surface area contributed by atoms with Gasteiger partial charge in [-0.25, -0.2) is 0 Å². The molecule has 0 unspecified atom stereocenters. The molecule has 1 aliphatic heterocycles. The largest absolute Gasteiger partial charge is 0.485 e. The Morgan fingerprint density at radius 3 is 2.47 bits per heavy atom. The van der Waals surface area contributed by atoms with Crippen LogP contribution in [0.2, 0.25) is 0 Å². The fourth-order valence-electron chi connectivity index (χ4n) is 3.73. The van der Waals surface area contributed by atoms with Crippen LogP contribution in [0.15, 0.2) is 83.1 Å². The number of fused-ring (bicyclic) bond motifs is 1. The van der Waals surface area contributed by atoms with E-state index < -0.39 is 0 Å². The van der Waals surface area contributed by atoms with Gasteiger partial charge < -0.3 is 9.47 Å². The number of rotatable bonds is 7. The summed E-state index contributed by atoms with van der Waals surface area (Å²) in [5.41, 5.74) is 4.35. The number of hydrogen-bond acceptors (Lipinski definition) is 6. The zero-order valence-corrected chi connectivity index (χ0v) is 20.2. The maximum absolute atomic E-state index is 6.18. The van der Waals surface area contributed by atoms with Crippen LogP contribution >= 0.6 is 11.8 Å². The number of ether oxygens (including phenoxy) is 2. The Balaban J connectivity index is 1.33. The van der Waals surface area contributed by atoms with Gasteiger partial charge in [0.15, 0.2) is 5.82 Å². The van der Waals surface area contributed by atoms with Crippen molar-refractivity contribution in [3.05, 3.63) is 95.3 Å². The normalized spacial score (nSPS) is 12.9. The summed E-state index contributed by atoms with van der Waals surface area (Å²) in [5, 5.41) is 14.3. The molecule has 3 aromatic carbocycles. The van der Waals surface area contributed by atoms with E-state index in [0.717, 1.165) is 39.4 Å². The van der Waals surface area contributed by atoms with Crippen LogP contribution in [0.3, 0.4) is 0 Å². The second-order valence-corrected chi connectivity index (χ2v) is 9.41. The summed E-state index contributed by atoms with van der Waals surface area (Å²) in [4.78, 5) is 0. The highest BCUT2D eigenvalue weighted by molar-refractivity contribution is 7.99. The molecule has 6 nitrogen and oxygen atoms in total. The predicted octanol–water partition coefficient (Wildman–Crippen LogP) is 6.44. The smallest absolute Gasteiger partial charge is 0.212 e. The van der Waals surface area contributed by atoms with Crippen LogP contribution in [0.1, 0.15) is 42.3 Å². The van der Waals surface area contributed by atoms with Crippen molar-refractivity contribution < 1.29 is 9.47 Å². The lowest BCUT2D eigenvalue weighted by Gasteiger charge is -2.16. The fourth-order valence-corrected chi connectivity index (χ4v) is 4.58. The van der Waals surface area contributed by atoms with E-state index in [2.05, 4.69) is 49.2 Å². The minimum absolute atomic E-state index is 0.303. The molecule has 0 radical (unpaired) electrons. The van der Waals surface area contributed by atoms with Crippen LogP contribution in [-0.2, 0) is 6.61 Å². The summed E-state index contributed by atoms with van der Waals surface area (Å²) in [6, 6.07) is 24.1. The van der Waals surface area contributed by atoms with Crippen LogP contribution in [0, 0.1) is 6.92 Å². The number of thioether (sulfide) groups is 1. The Morgan fingerprint density at radius 1 is 0.941 bits per heavy atom. The number of aromatic nitrogens is 3. The lowest BCUT2D eigenvalue weighted by molar-refractivity contribution is 0.285. The zero-order valence-electron chi connectivity index (χ0n) is 19.4. The first-order chi connectivity index (χ1) is 16.6. The molecule has 4 aromatic rings. The quantitative estimate of drug-likeness (QED) is 0.311. The molecule has 0 saturated heterocycles. The Labute approximate surface area is 203 Å². The third-order valence-electron chi connectivity index (χ3n) is 5.55. The highest BCUT2D eigenvalue weighted by Gasteiger charge is 2.21. The Hall–Kier alpha value is -3.58. The molecule has 1 aliphatic rings. The molecule has 1 aromatic heterocycles. The number of benzene rings is 3. The van der Waals surface area contributed by atoms with E-state index >= 15 is 0 Å². The van der Waals surface area contributed by atoms with Gasteiger partial charge >= 0.3 is 0 Å². The van der Waals surface area contributed by atoms with Gasteiger partial charge in [0, 0.05) is 5.75 Å². The lowest BCUT2D eigenvalue weighted by Crippen LogP contribution is -2.15. The van der Waals surface area contributed by atoms with Gasteiger partial charge in [0.1, 0.15) is 23.9 Å². The minimum atomic E-state index is 0.303. The van der Waals surface area contributed by atoms with E-state index in [9.17, 15) is 0 Å². The van der Waals surface area contributed by atoms with Crippen molar-refractivity contribution in [3.8, 4) is 17.2 Å². The molecule has 34 heavy (non-hydrogen) atoms. The highest BCUT2D eigenvalue weighted by Crippen LogP contribution is 2.30. The van der Waals surface area contributed by atoms with E-state index in [1.54, 1.807) is 16.4 Å². The SMILES string of the molecule is Cc1ccc(C(C)C)c(OCc2nnc3n2N=C(c2ccc(Oc4ccccc4)cc2)CS3)c1. The summed E-state index contributed by atoms with van der Waals surface area (Å²) >= 11 is 1.62. The van der Waals surface area contributed by atoms with Crippen LogP contribution in [0.4, 0.5) is 0 Å². The summed E-state index contributed by atoms with van der Waals surface area (Å²) in [6.45, 7) is 6.70. The second-order valence-electron chi connectivity index (χ2n) is 8.47. The molecular formula is C27H26N4O2S. The van der Waals surface area contributed by atoms with Gasteiger partial charge in [-0.1, -0.05) is 55.9 Å². The minimum Gasteiger partial charge on any atom is -0.485 e. The van der Waals surface area contributed by atoms with Crippen LogP contribution in [0.5, 0.6) is 17.2 Å². The van der Waals surface area contributed by atoms with E-state index in [1.165, 1.54) is 11.1 Å². The molecular weight excluding hydrogens is 444 g/mol. The summed E-state index contributed by atoms with van der Waals surface area (Å²) in [6.07, 6.45) is 0. The Bertz CT molecular complexity index is 1310. The lowest BCUT2D eigenvalue weighted by atomic mass is 10.0. The molecule has 0 fully saturated rings. The van der Waals surface area contributed by atoms with Gasteiger partial charge in [-0.05, 0) is 72.0 Å². The fraction of sp³-hybridized carbons (Fsp3) is 0.222. The van der Waals surface area contributed by atoms with Crippen LogP contribution in [-0.4, -0.2) is 26.3 Å². The van der Waals surface area contributed by atoms with Crippen molar-refractivity contribution in [3.63, 3.8) is 0 Å².